The van der Waals surface area contributed by atoms with Crippen molar-refractivity contribution in [3.05, 3.63) is 33.8 Å². The summed E-state index contributed by atoms with van der Waals surface area (Å²) in [7, 11) is 1.42. The second-order valence-corrected chi connectivity index (χ2v) is 3.94. The Balaban J connectivity index is 3.01. The molecule has 0 aliphatic carbocycles. The summed E-state index contributed by atoms with van der Waals surface area (Å²) in [6.45, 7) is 0. The van der Waals surface area contributed by atoms with E-state index in [2.05, 4.69) is 0 Å². The van der Waals surface area contributed by atoms with Gasteiger partial charge in [0.15, 0.2) is 0 Å². The zero-order valence-corrected chi connectivity index (χ0v) is 9.59. The second-order valence-electron chi connectivity index (χ2n) is 3.09. The van der Waals surface area contributed by atoms with E-state index in [-0.39, 0.29) is 0 Å². The van der Waals surface area contributed by atoms with Crippen molar-refractivity contribution < 1.29 is 4.79 Å². The topological polar surface area (TPSA) is 72.3 Å². The summed E-state index contributed by atoms with van der Waals surface area (Å²) < 4.78 is 0. The third kappa shape index (κ3) is 2.82. The number of rotatable bonds is 2. The number of hydrogen-bond acceptors (Lipinski definition) is 3. The Morgan fingerprint density at radius 2 is 2.07 bits per heavy atom. The fourth-order valence-electron chi connectivity index (χ4n) is 1.11. The smallest absolute Gasteiger partial charge is 0.257 e. The predicted molar refractivity (Wildman–Crippen MR) is 60.3 cm³/mol. The van der Waals surface area contributed by atoms with Gasteiger partial charge in [0.05, 0.1) is 0 Å². The summed E-state index contributed by atoms with van der Waals surface area (Å²) in [5.41, 5.74) is 6.19. The lowest BCUT2D eigenvalue weighted by molar-refractivity contribution is -0.131. The quantitative estimate of drug-likeness (QED) is 0.471. The highest BCUT2D eigenvalue weighted by Crippen LogP contribution is 2.25. The van der Waals surface area contributed by atoms with Crippen molar-refractivity contribution in [1.82, 2.24) is 5.01 Å². The number of carbonyl (C=O) groups is 1. The van der Waals surface area contributed by atoms with E-state index in [1.165, 1.54) is 13.1 Å². The lowest BCUT2D eigenvalue weighted by atomic mass is 10.1. The van der Waals surface area contributed by atoms with Gasteiger partial charge in [-0.1, -0.05) is 29.3 Å². The number of carbonyl (C=O) groups excluding carboxylic acids is 1. The maximum atomic E-state index is 11.5. The summed E-state index contributed by atoms with van der Waals surface area (Å²) in [4.78, 5) is 11.5. The van der Waals surface area contributed by atoms with Gasteiger partial charge in [0.1, 0.15) is 6.04 Å². The standard InChI is InChI=1S/C9H11Cl2N3O/c1-14(13)9(15)8(12)6-3-2-5(10)4-7(6)11/h2-4,8H,12-13H2,1H3. The monoisotopic (exact) mass is 247 g/mol. The first kappa shape index (κ1) is 12.3. The van der Waals surface area contributed by atoms with Crippen molar-refractivity contribution in [2.24, 2.45) is 11.6 Å². The van der Waals surface area contributed by atoms with Crippen molar-refractivity contribution in [2.75, 3.05) is 7.05 Å². The van der Waals surface area contributed by atoms with E-state index in [4.69, 9.17) is 34.8 Å². The number of nitrogens with two attached hydrogens (primary N) is 2. The molecule has 6 heteroatoms. The molecule has 4 N–H and O–H groups in total. The van der Waals surface area contributed by atoms with Crippen LogP contribution in [0, 0.1) is 0 Å². The molecular weight excluding hydrogens is 237 g/mol. The maximum Gasteiger partial charge on any atom is 0.257 e. The zero-order chi connectivity index (χ0) is 11.6. The Hall–Kier alpha value is -0.810. The van der Waals surface area contributed by atoms with Crippen LogP contribution >= 0.6 is 23.2 Å². The van der Waals surface area contributed by atoms with E-state index < -0.39 is 11.9 Å². The Labute approximate surface area is 97.7 Å². The van der Waals surface area contributed by atoms with Gasteiger partial charge in [-0.25, -0.2) is 5.84 Å². The average Bonchev–Trinajstić information content (AvgIpc) is 2.15. The number of halogens is 2. The van der Waals surface area contributed by atoms with Gasteiger partial charge in [-0.3, -0.25) is 9.80 Å². The molecule has 15 heavy (non-hydrogen) atoms. The third-order valence-electron chi connectivity index (χ3n) is 1.91. The largest absolute Gasteiger partial charge is 0.316 e. The van der Waals surface area contributed by atoms with Crippen LogP contribution in [0.4, 0.5) is 0 Å². The van der Waals surface area contributed by atoms with Gasteiger partial charge in [-0.15, -0.1) is 0 Å². The van der Waals surface area contributed by atoms with Crippen molar-refractivity contribution in [2.45, 2.75) is 6.04 Å². The van der Waals surface area contributed by atoms with Gasteiger partial charge in [0, 0.05) is 17.1 Å². The molecule has 0 radical (unpaired) electrons. The zero-order valence-electron chi connectivity index (χ0n) is 8.08. The molecule has 0 heterocycles. The van der Waals surface area contributed by atoms with Crippen LogP contribution in [0.1, 0.15) is 11.6 Å². The molecule has 0 spiro atoms. The molecule has 0 fully saturated rings. The fourth-order valence-corrected chi connectivity index (χ4v) is 1.63. The summed E-state index contributed by atoms with van der Waals surface area (Å²) in [5.74, 6) is 4.87. The number of hydrogen-bond donors (Lipinski definition) is 2. The van der Waals surface area contributed by atoms with Crippen LogP contribution in [0.5, 0.6) is 0 Å². The Kier molecular flexibility index (Phi) is 3.93. The summed E-state index contributed by atoms with van der Waals surface area (Å²) >= 11 is 11.6. The Morgan fingerprint density at radius 1 is 1.47 bits per heavy atom. The predicted octanol–water partition coefficient (Wildman–Crippen LogP) is 1.33. The van der Waals surface area contributed by atoms with Crippen LogP contribution in [0.25, 0.3) is 0 Å². The average molecular weight is 248 g/mol. The van der Waals surface area contributed by atoms with Crippen molar-refractivity contribution in [3.8, 4) is 0 Å². The first-order valence-electron chi connectivity index (χ1n) is 4.16. The molecule has 1 rings (SSSR count). The van der Waals surface area contributed by atoms with Gasteiger partial charge < -0.3 is 5.73 Å². The second kappa shape index (κ2) is 4.81. The van der Waals surface area contributed by atoms with E-state index in [0.29, 0.717) is 15.6 Å². The minimum atomic E-state index is -0.871. The van der Waals surface area contributed by atoms with E-state index in [1.54, 1.807) is 12.1 Å². The number of likely N-dealkylation sites (N-methyl/N-ethyl adjacent to an activating group) is 1. The van der Waals surface area contributed by atoms with Crippen LogP contribution in [0.3, 0.4) is 0 Å². The van der Waals surface area contributed by atoms with Gasteiger partial charge in [0.25, 0.3) is 5.91 Å². The number of amides is 1. The molecule has 1 aromatic rings. The molecule has 1 unspecified atom stereocenters. The molecule has 0 saturated heterocycles. The van der Waals surface area contributed by atoms with Crippen LogP contribution < -0.4 is 11.6 Å². The lowest BCUT2D eigenvalue weighted by Gasteiger charge is -2.17. The van der Waals surface area contributed by atoms with Crippen LogP contribution in [0.2, 0.25) is 10.0 Å². The number of hydrazine groups is 1. The third-order valence-corrected chi connectivity index (χ3v) is 2.47. The molecule has 0 saturated carbocycles. The van der Waals surface area contributed by atoms with E-state index in [1.807, 2.05) is 0 Å². The van der Waals surface area contributed by atoms with Crippen molar-refractivity contribution >= 4 is 29.1 Å². The highest BCUT2D eigenvalue weighted by atomic mass is 35.5. The van der Waals surface area contributed by atoms with Gasteiger partial charge in [-0.05, 0) is 17.7 Å². The molecule has 4 nitrogen and oxygen atoms in total. The Bertz CT molecular complexity index is 382. The van der Waals surface area contributed by atoms with Crippen molar-refractivity contribution in [1.29, 1.82) is 0 Å². The highest BCUT2D eigenvalue weighted by Gasteiger charge is 2.20. The minimum Gasteiger partial charge on any atom is -0.316 e. The van der Waals surface area contributed by atoms with Crippen LogP contribution in [-0.4, -0.2) is 18.0 Å². The highest BCUT2D eigenvalue weighted by molar-refractivity contribution is 6.35. The molecule has 1 aromatic carbocycles. The SMILES string of the molecule is CN(N)C(=O)C(N)c1ccc(Cl)cc1Cl. The summed E-state index contributed by atoms with van der Waals surface area (Å²) in [6, 6.07) is 3.88. The maximum absolute atomic E-state index is 11.5. The summed E-state index contributed by atoms with van der Waals surface area (Å²) in [6.07, 6.45) is 0. The number of nitrogens with zero attached hydrogens (tertiary/aromatic N) is 1. The van der Waals surface area contributed by atoms with Gasteiger partial charge >= 0.3 is 0 Å². The molecule has 0 aliphatic rings. The number of benzene rings is 1. The molecule has 82 valence electrons. The fraction of sp³-hybridized carbons (Fsp3) is 0.222. The van der Waals surface area contributed by atoms with Crippen molar-refractivity contribution in [3.63, 3.8) is 0 Å². The Morgan fingerprint density at radius 3 is 2.53 bits per heavy atom. The molecule has 0 aliphatic heterocycles. The molecule has 0 aromatic heterocycles. The summed E-state index contributed by atoms with van der Waals surface area (Å²) in [5, 5.41) is 1.77. The van der Waals surface area contributed by atoms with Gasteiger partial charge in [-0.2, -0.15) is 0 Å². The first-order valence-corrected chi connectivity index (χ1v) is 4.92. The minimum absolute atomic E-state index is 0.352. The lowest BCUT2D eigenvalue weighted by Crippen LogP contribution is -2.40. The van der Waals surface area contributed by atoms with Gasteiger partial charge in [0.2, 0.25) is 0 Å². The molecule has 1 amide bonds. The first-order chi connectivity index (χ1) is 6.93. The van der Waals surface area contributed by atoms with Crippen LogP contribution in [0.15, 0.2) is 18.2 Å². The van der Waals surface area contributed by atoms with Crippen LogP contribution in [-0.2, 0) is 4.79 Å². The van der Waals surface area contributed by atoms with E-state index in [0.717, 1.165) is 5.01 Å². The normalized spacial score (nSPS) is 12.3. The molecule has 1 atom stereocenters. The van der Waals surface area contributed by atoms with E-state index in [9.17, 15) is 4.79 Å². The van der Waals surface area contributed by atoms with E-state index >= 15 is 0 Å². The molecule has 0 bridgehead atoms. The molecular formula is C9H11Cl2N3O.